The maximum absolute atomic E-state index is 6.39. The average Bonchev–Trinajstić information content (AvgIpc) is 2.78. The Labute approximate surface area is 186 Å². The molecule has 4 rings (SSSR count). The molecule has 1 saturated heterocycles. The molecule has 0 spiro atoms. The van der Waals surface area contributed by atoms with Crippen molar-refractivity contribution in [1.82, 2.24) is 15.0 Å². The number of anilines is 5. The number of halogens is 1. The van der Waals surface area contributed by atoms with Crippen molar-refractivity contribution in [3.63, 3.8) is 0 Å². The van der Waals surface area contributed by atoms with Crippen LogP contribution in [0.3, 0.4) is 0 Å². The minimum atomic E-state index is 0.398. The molecule has 1 aromatic heterocycles. The Morgan fingerprint density at radius 3 is 2.35 bits per heavy atom. The van der Waals surface area contributed by atoms with Crippen molar-refractivity contribution in [1.29, 1.82) is 0 Å². The summed E-state index contributed by atoms with van der Waals surface area (Å²) >= 11 is 6.39. The highest BCUT2D eigenvalue weighted by molar-refractivity contribution is 6.33. The predicted molar refractivity (Wildman–Crippen MR) is 123 cm³/mol. The van der Waals surface area contributed by atoms with Crippen LogP contribution in [0.4, 0.5) is 29.2 Å². The SMILES string of the molecule is COc1ccc(Nc2nc(Nc3ccc(C)c(C)c3)nc(N3CCOCC3)n2)c(Cl)c1. The Kier molecular flexibility index (Phi) is 6.39. The number of nitrogens with one attached hydrogen (secondary N) is 2. The molecule has 0 radical (unpaired) electrons. The molecule has 8 nitrogen and oxygen atoms in total. The molecule has 0 amide bonds. The van der Waals surface area contributed by atoms with Crippen LogP contribution < -0.4 is 20.3 Å². The van der Waals surface area contributed by atoms with E-state index in [-0.39, 0.29) is 0 Å². The highest BCUT2D eigenvalue weighted by atomic mass is 35.5. The van der Waals surface area contributed by atoms with Gasteiger partial charge in [0.25, 0.3) is 0 Å². The van der Waals surface area contributed by atoms with E-state index in [4.69, 9.17) is 21.1 Å². The number of methoxy groups -OCH3 is 1. The summed E-state index contributed by atoms with van der Waals surface area (Å²) in [6.45, 7) is 6.87. The van der Waals surface area contributed by atoms with Gasteiger partial charge in [0.15, 0.2) is 0 Å². The topological polar surface area (TPSA) is 84.4 Å². The molecule has 0 unspecified atom stereocenters. The van der Waals surface area contributed by atoms with Gasteiger partial charge in [-0.15, -0.1) is 0 Å². The van der Waals surface area contributed by atoms with Crippen LogP contribution in [0.2, 0.25) is 5.02 Å². The number of hydrogen-bond acceptors (Lipinski definition) is 8. The summed E-state index contributed by atoms with van der Waals surface area (Å²) in [5, 5.41) is 7.01. The standard InChI is InChI=1S/C22H25ClN6O2/c1-14-4-5-16(12-15(14)2)24-20-26-21(25-19-7-6-17(30-3)13-18(19)23)28-22(27-20)29-8-10-31-11-9-29/h4-7,12-13H,8-11H2,1-3H3,(H2,24,25,26,27,28). The lowest BCUT2D eigenvalue weighted by molar-refractivity contribution is 0.122. The predicted octanol–water partition coefficient (Wildman–Crippen LogP) is 4.47. The zero-order valence-electron chi connectivity index (χ0n) is 17.8. The molecule has 0 bridgehead atoms. The largest absolute Gasteiger partial charge is 0.497 e. The number of rotatable bonds is 6. The van der Waals surface area contributed by atoms with E-state index in [9.17, 15) is 0 Å². The molecule has 31 heavy (non-hydrogen) atoms. The second-order valence-corrected chi connectivity index (χ2v) is 7.68. The Bertz CT molecular complexity index is 1070. The molecule has 2 N–H and O–H groups in total. The first-order chi connectivity index (χ1) is 15.0. The molecule has 0 saturated carbocycles. The van der Waals surface area contributed by atoms with Gasteiger partial charge in [-0.1, -0.05) is 17.7 Å². The number of aromatic nitrogens is 3. The average molecular weight is 441 g/mol. The number of ether oxygens (including phenoxy) is 2. The summed E-state index contributed by atoms with van der Waals surface area (Å²) in [5.41, 5.74) is 4.01. The van der Waals surface area contributed by atoms with Gasteiger partial charge in [-0.25, -0.2) is 0 Å². The summed E-state index contributed by atoms with van der Waals surface area (Å²) in [6, 6.07) is 11.5. The van der Waals surface area contributed by atoms with E-state index in [1.54, 1.807) is 13.2 Å². The van der Waals surface area contributed by atoms with Crippen molar-refractivity contribution in [2.75, 3.05) is 48.9 Å². The van der Waals surface area contributed by atoms with Crippen LogP contribution in [-0.2, 0) is 4.74 Å². The van der Waals surface area contributed by atoms with Gasteiger partial charge in [0, 0.05) is 24.8 Å². The first-order valence-electron chi connectivity index (χ1n) is 10.1. The minimum Gasteiger partial charge on any atom is -0.497 e. The number of nitrogens with zero attached hydrogens (tertiary/aromatic N) is 4. The van der Waals surface area contributed by atoms with Crippen molar-refractivity contribution in [3.8, 4) is 5.75 Å². The number of benzene rings is 2. The zero-order chi connectivity index (χ0) is 21.8. The summed E-state index contributed by atoms with van der Waals surface area (Å²) in [4.78, 5) is 15.9. The van der Waals surface area contributed by atoms with Crippen molar-refractivity contribution < 1.29 is 9.47 Å². The van der Waals surface area contributed by atoms with Gasteiger partial charge in [0.05, 0.1) is 31.0 Å². The van der Waals surface area contributed by atoms with Crippen LogP contribution in [-0.4, -0.2) is 48.4 Å². The molecule has 2 aromatic carbocycles. The molecule has 3 aromatic rings. The van der Waals surface area contributed by atoms with E-state index in [1.807, 2.05) is 18.2 Å². The highest BCUT2D eigenvalue weighted by Crippen LogP contribution is 2.29. The Morgan fingerprint density at radius 1 is 0.935 bits per heavy atom. The van der Waals surface area contributed by atoms with E-state index in [1.165, 1.54) is 11.1 Å². The van der Waals surface area contributed by atoms with E-state index >= 15 is 0 Å². The third-order valence-electron chi connectivity index (χ3n) is 5.10. The van der Waals surface area contributed by atoms with Gasteiger partial charge >= 0.3 is 0 Å². The van der Waals surface area contributed by atoms with Crippen LogP contribution in [0.25, 0.3) is 0 Å². The fourth-order valence-corrected chi connectivity index (χ4v) is 3.39. The summed E-state index contributed by atoms with van der Waals surface area (Å²) in [5.74, 6) is 2.11. The second-order valence-electron chi connectivity index (χ2n) is 7.28. The molecular weight excluding hydrogens is 416 g/mol. The normalized spacial score (nSPS) is 13.7. The van der Waals surface area contributed by atoms with Gasteiger partial charge in [-0.2, -0.15) is 15.0 Å². The van der Waals surface area contributed by atoms with Gasteiger partial charge in [-0.05, 0) is 49.2 Å². The quantitative estimate of drug-likeness (QED) is 0.580. The van der Waals surface area contributed by atoms with Crippen LogP contribution in [0.5, 0.6) is 5.75 Å². The molecule has 2 heterocycles. The van der Waals surface area contributed by atoms with Gasteiger partial charge in [0.1, 0.15) is 5.75 Å². The lowest BCUT2D eigenvalue weighted by atomic mass is 10.1. The molecule has 0 aliphatic carbocycles. The number of aryl methyl sites for hydroxylation is 2. The molecule has 9 heteroatoms. The fraction of sp³-hybridized carbons (Fsp3) is 0.318. The molecule has 1 fully saturated rings. The maximum atomic E-state index is 6.39. The summed E-state index contributed by atoms with van der Waals surface area (Å²) < 4.78 is 10.7. The van der Waals surface area contributed by atoms with Crippen LogP contribution in [0.1, 0.15) is 11.1 Å². The number of hydrogen-bond donors (Lipinski definition) is 2. The van der Waals surface area contributed by atoms with Crippen LogP contribution in [0.15, 0.2) is 36.4 Å². The first kappa shape index (κ1) is 21.1. The monoisotopic (exact) mass is 440 g/mol. The number of morpholine rings is 1. The fourth-order valence-electron chi connectivity index (χ4n) is 3.17. The van der Waals surface area contributed by atoms with Gasteiger partial charge < -0.3 is 25.0 Å². The Balaban J connectivity index is 1.66. The first-order valence-corrected chi connectivity index (χ1v) is 10.4. The molecular formula is C22H25ClN6O2. The molecule has 1 aliphatic rings. The maximum Gasteiger partial charge on any atom is 0.233 e. The lowest BCUT2D eigenvalue weighted by Gasteiger charge is -2.27. The van der Waals surface area contributed by atoms with E-state index < -0.39 is 0 Å². The Hall–Kier alpha value is -3.10. The third kappa shape index (κ3) is 5.15. The molecule has 1 aliphatic heterocycles. The van der Waals surface area contributed by atoms with Crippen molar-refractivity contribution in [2.45, 2.75) is 13.8 Å². The van der Waals surface area contributed by atoms with Crippen molar-refractivity contribution in [2.24, 2.45) is 0 Å². The third-order valence-corrected chi connectivity index (χ3v) is 5.42. The van der Waals surface area contributed by atoms with Gasteiger partial charge in [-0.3, -0.25) is 0 Å². The van der Waals surface area contributed by atoms with Crippen LogP contribution >= 0.6 is 11.6 Å². The van der Waals surface area contributed by atoms with E-state index in [0.717, 1.165) is 18.8 Å². The second kappa shape index (κ2) is 9.36. The summed E-state index contributed by atoms with van der Waals surface area (Å²) in [7, 11) is 1.60. The molecule has 0 atom stereocenters. The molecule has 162 valence electrons. The zero-order valence-corrected chi connectivity index (χ0v) is 18.5. The van der Waals surface area contributed by atoms with Crippen molar-refractivity contribution >= 4 is 40.8 Å². The Morgan fingerprint density at radius 2 is 1.68 bits per heavy atom. The smallest absolute Gasteiger partial charge is 0.233 e. The van der Waals surface area contributed by atoms with Gasteiger partial charge in [0.2, 0.25) is 17.8 Å². The van der Waals surface area contributed by atoms with E-state index in [2.05, 4.69) is 56.5 Å². The lowest BCUT2D eigenvalue weighted by Crippen LogP contribution is -2.37. The van der Waals surface area contributed by atoms with Crippen molar-refractivity contribution in [3.05, 3.63) is 52.5 Å². The minimum absolute atomic E-state index is 0.398. The van der Waals surface area contributed by atoms with E-state index in [0.29, 0.717) is 47.5 Å². The summed E-state index contributed by atoms with van der Waals surface area (Å²) in [6.07, 6.45) is 0. The highest BCUT2D eigenvalue weighted by Gasteiger charge is 2.17. The van der Waals surface area contributed by atoms with Crippen LogP contribution in [0, 0.1) is 13.8 Å².